The Bertz CT molecular complexity index is 519. The van der Waals surface area contributed by atoms with Crippen molar-refractivity contribution in [3.05, 3.63) is 28.5 Å². The van der Waals surface area contributed by atoms with Crippen LogP contribution in [0.5, 0.6) is 0 Å². The number of nitrogens with one attached hydrogen (secondary N) is 1. The van der Waals surface area contributed by atoms with Gasteiger partial charge in [-0.05, 0) is 24.6 Å². The number of carboxylic acid groups (broad SMARTS) is 1. The molecular formula is C9H7ClN2O2. The molecule has 4 nitrogen and oxygen atoms in total. The van der Waals surface area contributed by atoms with Crippen molar-refractivity contribution in [1.29, 1.82) is 0 Å². The molecule has 0 bridgehead atoms. The van der Waals surface area contributed by atoms with Crippen LogP contribution in [0.1, 0.15) is 16.2 Å². The Morgan fingerprint density at radius 1 is 1.57 bits per heavy atom. The monoisotopic (exact) mass is 210 g/mol. The van der Waals surface area contributed by atoms with E-state index in [9.17, 15) is 4.79 Å². The third kappa shape index (κ3) is 1.24. The Kier molecular flexibility index (Phi) is 1.93. The lowest BCUT2D eigenvalue weighted by molar-refractivity contribution is 0.0685. The van der Waals surface area contributed by atoms with Gasteiger partial charge >= 0.3 is 5.97 Å². The van der Waals surface area contributed by atoms with Crippen LogP contribution in [0.15, 0.2) is 12.1 Å². The molecule has 2 aromatic rings. The molecule has 14 heavy (non-hydrogen) atoms. The molecule has 0 atom stereocenters. The maximum Gasteiger partial charge on any atom is 0.371 e. The summed E-state index contributed by atoms with van der Waals surface area (Å²) in [5.74, 6) is -1.14. The van der Waals surface area contributed by atoms with E-state index in [2.05, 4.69) is 9.97 Å². The Labute approximate surface area is 84.5 Å². The maximum atomic E-state index is 10.6. The molecule has 0 aliphatic carbocycles. The lowest BCUT2D eigenvalue weighted by Gasteiger charge is -1.96. The predicted molar refractivity (Wildman–Crippen MR) is 52.8 cm³/mol. The van der Waals surface area contributed by atoms with E-state index in [-0.39, 0.29) is 5.82 Å². The first-order valence-electron chi connectivity index (χ1n) is 3.97. The second kappa shape index (κ2) is 2.99. The third-order valence-corrected chi connectivity index (χ3v) is 2.46. The van der Waals surface area contributed by atoms with Gasteiger partial charge in [0.25, 0.3) is 0 Å². The summed E-state index contributed by atoms with van der Waals surface area (Å²) in [6.45, 7) is 1.81. The highest BCUT2D eigenvalue weighted by Crippen LogP contribution is 2.23. The fourth-order valence-electron chi connectivity index (χ4n) is 1.29. The van der Waals surface area contributed by atoms with Crippen LogP contribution in [-0.4, -0.2) is 21.0 Å². The van der Waals surface area contributed by atoms with Crippen LogP contribution in [0, 0.1) is 6.92 Å². The molecule has 0 spiro atoms. The topological polar surface area (TPSA) is 66.0 Å². The molecular weight excluding hydrogens is 204 g/mol. The van der Waals surface area contributed by atoms with Crippen LogP contribution in [0.2, 0.25) is 5.02 Å². The Morgan fingerprint density at radius 3 is 2.93 bits per heavy atom. The van der Waals surface area contributed by atoms with Gasteiger partial charge in [-0.15, -0.1) is 0 Å². The van der Waals surface area contributed by atoms with Gasteiger partial charge in [0.05, 0.1) is 11.0 Å². The number of aromatic nitrogens is 2. The van der Waals surface area contributed by atoms with Crippen molar-refractivity contribution in [2.75, 3.05) is 0 Å². The number of carbonyl (C=O) groups is 1. The molecule has 2 rings (SSSR count). The average Bonchev–Trinajstić information content (AvgIpc) is 2.56. The summed E-state index contributed by atoms with van der Waals surface area (Å²) in [5.41, 5.74) is 2.10. The number of carboxylic acids is 1. The zero-order chi connectivity index (χ0) is 10.3. The van der Waals surface area contributed by atoms with E-state index >= 15 is 0 Å². The number of rotatable bonds is 1. The van der Waals surface area contributed by atoms with Gasteiger partial charge in [0, 0.05) is 5.02 Å². The van der Waals surface area contributed by atoms with Gasteiger partial charge in [0.2, 0.25) is 5.82 Å². The summed E-state index contributed by atoms with van der Waals surface area (Å²) in [7, 11) is 0. The molecule has 0 amide bonds. The van der Waals surface area contributed by atoms with E-state index in [0.717, 1.165) is 5.56 Å². The highest BCUT2D eigenvalue weighted by atomic mass is 35.5. The first kappa shape index (κ1) is 9.02. The van der Waals surface area contributed by atoms with Gasteiger partial charge in [0.1, 0.15) is 0 Å². The molecule has 0 fully saturated rings. The zero-order valence-electron chi connectivity index (χ0n) is 7.34. The molecule has 0 radical (unpaired) electrons. The largest absolute Gasteiger partial charge is 0.475 e. The van der Waals surface area contributed by atoms with E-state index in [4.69, 9.17) is 16.7 Å². The summed E-state index contributed by atoms with van der Waals surface area (Å²) in [6, 6.07) is 3.39. The zero-order valence-corrected chi connectivity index (χ0v) is 8.09. The molecule has 1 aromatic carbocycles. The van der Waals surface area contributed by atoms with E-state index in [1.807, 2.05) is 6.92 Å². The van der Waals surface area contributed by atoms with Crippen molar-refractivity contribution in [1.82, 2.24) is 9.97 Å². The number of aromatic carboxylic acids is 1. The number of aromatic amines is 1. The minimum Gasteiger partial charge on any atom is -0.475 e. The number of hydrogen-bond donors (Lipinski definition) is 2. The Hall–Kier alpha value is -1.55. The first-order chi connectivity index (χ1) is 6.59. The van der Waals surface area contributed by atoms with E-state index in [1.165, 1.54) is 0 Å². The highest BCUT2D eigenvalue weighted by molar-refractivity contribution is 6.32. The normalized spacial score (nSPS) is 10.7. The van der Waals surface area contributed by atoms with E-state index < -0.39 is 5.97 Å². The molecule has 0 aliphatic heterocycles. The summed E-state index contributed by atoms with van der Waals surface area (Å²) >= 11 is 5.88. The van der Waals surface area contributed by atoms with Crippen molar-refractivity contribution in [2.45, 2.75) is 6.92 Å². The van der Waals surface area contributed by atoms with Crippen molar-refractivity contribution < 1.29 is 9.90 Å². The smallest absolute Gasteiger partial charge is 0.371 e. The Balaban J connectivity index is 2.77. The lowest BCUT2D eigenvalue weighted by atomic mass is 10.2. The molecule has 0 saturated carbocycles. The third-order valence-electron chi connectivity index (χ3n) is 2.06. The van der Waals surface area contributed by atoms with Crippen LogP contribution in [0.4, 0.5) is 0 Å². The van der Waals surface area contributed by atoms with Crippen LogP contribution < -0.4 is 0 Å². The van der Waals surface area contributed by atoms with Gasteiger partial charge in [-0.3, -0.25) is 0 Å². The lowest BCUT2D eigenvalue weighted by Crippen LogP contribution is -1.97. The van der Waals surface area contributed by atoms with Crippen molar-refractivity contribution in [3.63, 3.8) is 0 Å². The number of H-pyrrole nitrogens is 1. The fraction of sp³-hybridized carbons (Fsp3) is 0.111. The second-order valence-electron chi connectivity index (χ2n) is 2.96. The summed E-state index contributed by atoms with van der Waals surface area (Å²) in [5, 5.41) is 9.31. The molecule has 2 N–H and O–H groups in total. The van der Waals surface area contributed by atoms with Crippen LogP contribution in [-0.2, 0) is 0 Å². The second-order valence-corrected chi connectivity index (χ2v) is 3.36. The van der Waals surface area contributed by atoms with Crippen molar-refractivity contribution in [2.24, 2.45) is 0 Å². The molecule has 72 valence electrons. The van der Waals surface area contributed by atoms with Crippen LogP contribution in [0.3, 0.4) is 0 Å². The van der Waals surface area contributed by atoms with Gasteiger partial charge in [0.15, 0.2) is 0 Å². The van der Waals surface area contributed by atoms with Crippen LogP contribution in [0.25, 0.3) is 11.0 Å². The predicted octanol–water partition coefficient (Wildman–Crippen LogP) is 2.22. The Morgan fingerprint density at radius 2 is 2.29 bits per heavy atom. The first-order valence-corrected chi connectivity index (χ1v) is 4.35. The highest BCUT2D eigenvalue weighted by Gasteiger charge is 2.11. The van der Waals surface area contributed by atoms with Gasteiger partial charge in [-0.1, -0.05) is 11.6 Å². The quantitative estimate of drug-likeness (QED) is 0.759. The maximum absolute atomic E-state index is 10.6. The standard InChI is InChI=1S/C9H7ClN2O2/c1-4-5(10)2-3-6-7(4)12-8(11-6)9(13)14/h2-3H,1H3,(H,11,12)(H,13,14). The van der Waals surface area contributed by atoms with Gasteiger partial charge in [-0.25, -0.2) is 9.78 Å². The number of halogens is 1. The minimum absolute atomic E-state index is 0.0645. The number of imidazole rings is 1. The number of benzene rings is 1. The molecule has 1 aromatic heterocycles. The molecule has 1 heterocycles. The minimum atomic E-state index is -1.07. The molecule has 5 heteroatoms. The van der Waals surface area contributed by atoms with Crippen molar-refractivity contribution >= 4 is 28.6 Å². The molecule has 0 saturated heterocycles. The number of nitrogens with zero attached hydrogens (tertiary/aromatic N) is 1. The van der Waals surface area contributed by atoms with E-state index in [1.54, 1.807) is 12.1 Å². The number of aryl methyl sites for hydroxylation is 1. The summed E-state index contributed by atoms with van der Waals surface area (Å²) < 4.78 is 0. The number of hydrogen-bond acceptors (Lipinski definition) is 2. The van der Waals surface area contributed by atoms with E-state index in [0.29, 0.717) is 16.1 Å². The fourth-order valence-corrected chi connectivity index (χ4v) is 1.45. The van der Waals surface area contributed by atoms with Crippen molar-refractivity contribution in [3.8, 4) is 0 Å². The van der Waals surface area contributed by atoms with Crippen LogP contribution >= 0.6 is 11.6 Å². The number of fused-ring (bicyclic) bond motifs is 1. The summed E-state index contributed by atoms with van der Waals surface area (Å²) in [6.07, 6.45) is 0. The SMILES string of the molecule is Cc1c(Cl)ccc2nc(C(=O)O)[nH]c12. The molecule has 0 aliphatic rings. The molecule has 0 unspecified atom stereocenters. The van der Waals surface area contributed by atoms with Gasteiger partial charge in [-0.2, -0.15) is 0 Å². The average molecular weight is 211 g/mol. The van der Waals surface area contributed by atoms with Gasteiger partial charge < -0.3 is 10.1 Å². The summed E-state index contributed by atoms with van der Waals surface area (Å²) in [4.78, 5) is 17.2.